The van der Waals surface area contributed by atoms with Crippen LogP contribution in [0.1, 0.15) is 24.5 Å². The Morgan fingerprint density at radius 2 is 2.20 bits per heavy atom. The Bertz CT molecular complexity index is 486. The molecule has 0 bridgehead atoms. The maximum Gasteiger partial charge on any atom is 0.221 e. The van der Waals surface area contributed by atoms with Crippen LogP contribution in [0.25, 0.3) is 5.82 Å². The Balaban J connectivity index is 1.97. The summed E-state index contributed by atoms with van der Waals surface area (Å²) in [4.78, 5) is 7.95. The van der Waals surface area contributed by atoms with E-state index >= 15 is 0 Å². The summed E-state index contributed by atoms with van der Waals surface area (Å²) >= 11 is 0. The van der Waals surface area contributed by atoms with Gasteiger partial charge in [0.2, 0.25) is 5.95 Å². The summed E-state index contributed by atoms with van der Waals surface area (Å²) in [6.07, 6.45) is 6.05. The lowest BCUT2D eigenvalue weighted by molar-refractivity contribution is 0.810. The van der Waals surface area contributed by atoms with Gasteiger partial charge in [-0.25, -0.2) is 9.67 Å². The van der Waals surface area contributed by atoms with Gasteiger partial charge in [0.05, 0.1) is 5.69 Å². The highest BCUT2D eigenvalue weighted by molar-refractivity contribution is 5.28. The van der Waals surface area contributed by atoms with Gasteiger partial charge in [-0.1, -0.05) is 0 Å². The van der Waals surface area contributed by atoms with Crippen molar-refractivity contribution in [1.82, 2.24) is 19.7 Å². The van der Waals surface area contributed by atoms with E-state index in [-0.39, 0.29) is 5.95 Å². The van der Waals surface area contributed by atoms with Gasteiger partial charge in [0.25, 0.3) is 0 Å². The third-order valence-electron chi connectivity index (χ3n) is 2.50. The van der Waals surface area contributed by atoms with E-state index in [2.05, 4.69) is 15.1 Å². The van der Waals surface area contributed by atoms with Gasteiger partial charge in [0.1, 0.15) is 0 Å². The molecule has 1 aliphatic carbocycles. The van der Waals surface area contributed by atoms with Crippen molar-refractivity contribution in [3.63, 3.8) is 0 Å². The minimum Gasteiger partial charge on any atom is -0.368 e. The first-order valence-corrected chi connectivity index (χ1v) is 4.97. The monoisotopic (exact) mass is 201 g/mol. The summed E-state index contributed by atoms with van der Waals surface area (Å²) in [5, 5.41) is 4.45. The molecule has 5 nitrogen and oxygen atoms in total. The van der Waals surface area contributed by atoms with Gasteiger partial charge in [-0.2, -0.15) is 10.1 Å². The number of nitrogen functional groups attached to an aromatic ring is 1. The largest absolute Gasteiger partial charge is 0.368 e. The second kappa shape index (κ2) is 3.05. The predicted molar refractivity (Wildman–Crippen MR) is 55.5 cm³/mol. The molecular formula is C10H11N5. The van der Waals surface area contributed by atoms with Crippen molar-refractivity contribution in [2.24, 2.45) is 0 Å². The quantitative estimate of drug-likeness (QED) is 0.790. The number of nitrogens with two attached hydrogens (primary N) is 1. The molecular weight excluding hydrogens is 190 g/mol. The molecule has 76 valence electrons. The van der Waals surface area contributed by atoms with E-state index in [0.717, 1.165) is 11.5 Å². The number of hydrogen-bond acceptors (Lipinski definition) is 4. The van der Waals surface area contributed by atoms with Gasteiger partial charge < -0.3 is 5.73 Å². The highest BCUT2D eigenvalue weighted by atomic mass is 15.3. The Kier molecular flexibility index (Phi) is 1.71. The number of nitrogens with zero attached hydrogens (tertiary/aromatic N) is 4. The lowest BCUT2D eigenvalue weighted by atomic mass is 10.3. The topological polar surface area (TPSA) is 69.6 Å². The SMILES string of the molecule is Nc1nccc(-n2ccc(C3CC3)n2)n1. The van der Waals surface area contributed by atoms with Gasteiger partial charge in [-0.3, -0.25) is 0 Å². The molecule has 0 saturated heterocycles. The van der Waals surface area contributed by atoms with Crippen molar-refractivity contribution in [3.05, 3.63) is 30.2 Å². The van der Waals surface area contributed by atoms with Crippen LogP contribution < -0.4 is 5.73 Å². The number of rotatable bonds is 2. The predicted octanol–water partition coefficient (Wildman–Crippen LogP) is 1.12. The smallest absolute Gasteiger partial charge is 0.221 e. The summed E-state index contributed by atoms with van der Waals surface area (Å²) in [7, 11) is 0. The van der Waals surface area contributed by atoms with E-state index in [9.17, 15) is 0 Å². The summed E-state index contributed by atoms with van der Waals surface area (Å²) in [5.41, 5.74) is 6.66. The van der Waals surface area contributed by atoms with Crippen molar-refractivity contribution in [1.29, 1.82) is 0 Å². The first-order chi connectivity index (χ1) is 7.33. The summed E-state index contributed by atoms with van der Waals surface area (Å²) < 4.78 is 1.74. The molecule has 0 aliphatic heterocycles. The number of hydrogen-bond donors (Lipinski definition) is 1. The lowest BCUT2D eigenvalue weighted by Gasteiger charge is -1.99. The maximum atomic E-state index is 5.51. The molecule has 0 unspecified atom stereocenters. The number of anilines is 1. The Morgan fingerprint density at radius 3 is 2.93 bits per heavy atom. The van der Waals surface area contributed by atoms with Crippen LogP contribution in [0.5, 0.6) is 0 Å². The van der Waals surface area contributed by atoms with Crippen LogP contribution in [0.15, 0.2) is 24.5 Å². The zero-order valence-electron chi connectivity index (χ0n) is 8.17. The van der Waals surface area contributed by atoms with E-state index < -0.39 is 0 Å². The molecule has 2 aromatic rings. The molecule has 0 radical (unpaired) electrons. The van der Waals surface area contributed by atoms with Crippen molar-refractivity contribution in [2.75, 3.05) is 5.73 Å². The normalized spacial score (nSPS) is 15.5. The second-order valence-corrected chi connectivity index (χ2v) is 3.73. The van der Waals surface area contributed by atoms with Crippen LogP contribution in [0.3, 0.4) is 0 Å². The van der Waals surface area contributed by atoms with E-state index in [1.165, 1.54) is 12.8 Å². The van der Waals surface area contributed by atoms with E-state index in [1.54, 1.807) is 16.9 Å². The average Bonchev–Trinajstić information content (AvgIpc) is 2.97. The fourth-order valence-corrected chi connectivity index (χ4v) is 1.55. The van der Waals surface area contributed by atoms with Gasteiger partial charge in [-0.05, 0) is 18.9 Å². The Morgan fingerprint density at radius 1 is 1.33 bits per heavy atom. The van der Waals surface area contributed by atoms with E-state index in [1.807, 2.05) is 12.3 Å². The molecule has 2 N–H and O–H groups in total. The van der Waals surface area contributed by atoms with E-state index in [4.69, 9.17) is 5.73 Å². The fraction of sp³-hybridized carbons (Fsp3) is 0.300. The van der Waals surface area contributed by atoms with E-state index in [0.29, 0.717) is 5.92 Å². The third-order valence-corrected chi connectivity index (χ3v) is 2.50. The molecule has 5 heteroatoms. The van der Waals surface area contributed by atoms with Gasteiger partial charge in [0, 0.05) is 24.4 Å². The van der Waals surface area contributed by atoms with Crippen LogP contribution in [-0.4, -0.2) is 19.7 Å². The highest BCUT2D eigenvalue weighted by Crippen LogP contribution is 2.38. The van der Waals surface area contributed by atoms with Gasteiger partial charge in [-0.15, -0.1) is 0 Å². The average molecular weight is 201 g/mol. The van der Waals surface area contributed by atoms with Crippen LogP contribution in [-0.2, 0) is 0 Å². The molecule has 1 saturated carbocycles. The molecule has 0 aromatic carbocycles. The molecule has 2 aromatic heterocycles. The Labute approximate surface area is 87.0 Å². The molecule has 0 spiro atoms. The first-order valence-electron chi connectivity index (χ1n) is 4.97. The molecule has 15 heavy (non-hydrogen) atoms. The molecule has 0 atom stereocenters. The van der Waals surface area contributed by atoms with Crippen molar-refractivity contribution >= 4 is 5.95 Å². The fourth-order valence-electron chi connectivity index (χ4n) is 1.55. The molecule has 3 rings (SSSR count). The number of aromatic nitrogens is 4. The molecule has 1 fully saturated rings. The van der Waals surface area contributed by atoms with Crippen molar-refractivity contribution in [3.8, 4) is 5.82 Å². The van der Waals surface area contributed by atoms with Crippen molar-refractivity contribution in [2.45, 2.75) is 18.8 Å². The molecule has 2 heterocycles. The molecule has 0 amide bonds. The summed E-state index contributed by atoms with van der Waals surface area (Å²) in [5.74, 6) is 1.65. The van der Waals surface area contributed by atoms with Crippen LogP contribution >= 0.6 is 0 Å². The second-order valence-electron chi connectivity index (χ2n) is 3.73. The highest BCUT2D eigenvalue weighted by Gasteiger charge is 2.25. The van der Waals surface area contributed by atoms with Crippen LogP contribution in [0.4, 0.5) is 5.95 Å². The Hall–Kier alpha value is -1.91. The zero-order chi connectivity index (χ0) is 10.3. The summed E-state index contributed by atoms with van der Waals surface area (Å²) in [6, 6.07) is 3.83. The zero-order valence-corrected chi connectivity index (χ0v) is 8.17. The van der Waals surface area contributed by atoms with Gasteiger partial charge in [0.15, 0.2) is 5.82 Å². The lowest BCUT2D eigenvalue weighted by Crippen LogP contribution is -2.02. The van der Waals surface area contributed by atoms with Crippen LogP contribution in [0, 0.1) is 0 Å². The minimum absolute atomic E-state index is 0.274. The first kappa shape index (κ1) is 8.40. The van der Waals surface area contributed by atoms with Crippen LogP contribution in [0.2, 0.25) is 0 Å². The third kappa shape index (κ3) is 1.56. The minimum atomic E-state index is 0.274. The standard InChI is InChI=1S/C10H11N5/c11-10-12-5-3-9(13-10)15-6-4-8(14-15)7-1-2-7/h3-7H,1-2H2,(H2,11,12,13). The van der Waals surface area contributed by atoms with Crippen molar-refractivity contribution < 1.29 is 0 Å². The van der Waals surface area contributed by atoms with Gasteiger partial charge >= 0.3 is 0 Å². The maximum absolute atomic E-state index is 5.51. The summed E-state index contributed by atoms with van der Waals surface area (Å²) in [6.45, 7) is 0. The molecule has 1 aliphatic rings.